The molecule has 0 saturated carbocycles. The normalized spacial score (nSPS) is 12.2. The van der Waals surface area contributed by atoms with Crippen LogP contribution in [0.25, 0.3) is 0 Å². The van der Waals surface area contributed by atoms with Crippen LogP contribution in [0.3, 0.4) is 0 Å². The van der Waals surface area contributed by atoms with Crippen LogP contribution in [-0.2, 0) is 13.6 Å². The van der Waals surface area contributed by atoms with Crippen molar-refractivity contribution >= 4 is 41.5 Å². The first-order chi connectivity index (χ1) is 11.6. The van der Waals surface area contributed by atoms with Gasteiger partial charge in [0.25, 0.3) is 0 Å². The summed E-state index contributed by atoms with van der Waals surface area (Å²) in [5.74, 6) is 1.47. The molecule has 0 bridgehead atoms. The highest BCUT2D eigenvalue weighted by Gasteiger charge is 2.08. The summed E-state index contributed by atoms with van der Waals surface area (Å²) in [7, 11) is 2.00. The molecule has 7 heteroatoms. The Morgan fingerprint density at radius 1 is 1.28 bits per heavy atom. The molecular weight excluding hydrogens is 451 g/mol. The molecule has 0 aliphatic carbocycles. The lowest BCUT2D eigenvalue weighted by molar-refractivity contribution is 0.224. The number of hydrogen-bond donors (Lipinski definition) is 2. The number of nitrogens with one attached hydrogen (secondary N) is 2. The molecule has 0 spiro atoms. The number of para-hydroxylation sites is 1. The minimum absolute atomic E-state index is 0. The number of aliphatic imine (C=N–C) groups is 1. The number of guanidine groups is 1. The van der Waals surface area contributed by atoms with Crippen LogP contribution in [0.1, 0.15) is 19.4 Å². The zero-order valence-electron chi connectivity index (χ0n) is 14.8. The second-order valence-corrected chi connectivity index (χ2v) is 6.03. The highest BCUT2D eigenvalue weighted by molar-refractivity contribution is 14.0. The van der Waals surface area contributed by atoms with Gasteiger partial charge in [0.1, 0.15) is 11.9 Å². The average molecular weight is 477 g/mol. The van der Waals surface area contributed by atoms with Crippen molar-refractivity contribution in [3.63, 3.8) is 0 Å². The summed E-state index contributed by atoms with van der Waals surface area (Å²) >= 11 is 6.12. The molecule has 1 heterocycles. The van der Waals surface area contributed by atoms with E-state index >= 15 is 0 Å². The topological polar surface area (TPSA) is 50.6 Å². The van der Waals surface area contributed by atoms with Gasteiger partial charge in [-0.3, -0.25) is 0 Å². The van der Waals surface area contributed by atoms with Gasteiger partial charge in [-0.15, -0.1) is 24.0 Å². The molecule has 2 N–H and O–H groups in total. The van der Waals surface area contributed by atoms with E-state index in [1.54, 1.807) is 0 Å². The third-order valence-corrected chi connectivity index (χ3v) is 3.69. The Morgan fingerprint density at radius 3 is 2.68 bits per heavy atom. The van der Waals surface area contributed by atoms with E-state index < -0.39 is 0 Å². The van der Waals surface area contributed by atoms with Crippen LogP contribution < -0.4 is 15.4 Å². The molecule has 0 aliphatic rings. The fraction of sp³-hybridized carbons (Fsp3) is 0.389. The highest BCUT2D eigenvalue weighted by Crippen LogP contribution is 2.23. The van der Waals surface area contributed by atoms with E-state index in [0.717, 1.165) is 12.5 Å². The zero-order chi connectivity index (χ0) is 17.4. The lowest BCUT2D eigenvalue weighted by Crippen LogP contribution is -2.41. The monoisotopic (exact) mass is 476 g/mol. The molecule has 1 aromatic heterocycles. The van der Waals surface area contributed by atoms with Gasteiger partial charge in [-0.25, -0.2) is 4.99 Å². The van der Waals surface area contributed by atoms with Gasteiger partial charge in [0, 0.05) is 26.0 Å². The van der Waals surface area contributed by atoms with Gasteiger partial charge in [0.2, 0.25) is 0 Å². The van der Waals surface area contributed by atoms with E-state index in [1.165, 1.54) is 5.56 Å². The quantitative estimate of drug-likeness (QED) is 0.363. The van der Waals surface area contributed by atoms with E-state index in [2.05, 4.69) is 27.9 Å². The molecule has 2 rings (SSSR count). The Bertz CT molecular complexity index is 675. The van der Waals surface area contributed by atoms with Crippen molar-refractivity contribution in [2.24, 2.45) is 12.0 Å². The van der Waals surface area contributed by atoms with E-state index in [9.17, 15) is 0 Å². The second kappa shape index (κ2) is 11.3. The van der Waals surface area contributed by atoms with Gasteiger partial charge in [-0.1, -0.05) is 23.7 Å². The van der Waals surface area contributed by atoms with Gasteiger partial charge in [-0.2, -0.15) is 0 Å². The molecule has 1 unspecified atom stereocenters. The molecule has 138 valence electrons. The van der Waals surface area contributed by atoms with E-state index in [-0.39, 0.29) is 30.1 Å². The SMILES string of the molecule is CCNC(=NCc1ccn(C)c1)NCC(C)Oc1ccccc1Cl.I. The Morgan fingerprint density at radius 2 is 2.04 bits per heavy atom. The number of rotatable bonds is 7. The van der Waals surface area contributed by atoms with E-state index in [1.807, 2.05) is 55.9 Å². The minimum Gasteiger partial charge on any atom is -0.487 e. The smallest absolute Gasteiger partial charge is 0.191 e. The summed E-state index contributed by atoms with van der Waals surface area (Å²) in [6.45, 7) is 6.11. The summed E-state index contributed by atoms with van der Waals surface area (Å²) in [6.07, 6.45) is 4.05. The predicted octanol–water partition coefficient (Wildman–Crippen LogP) is 3.82. The highest BCUT2D eigenvalue weighted by atomic mass is 127. The molecule has 2 aromatic rings. The Hall–Kier alpha value is -1.41. The molecule has 0 amide bonds. The average Bonchev–Trinajstić information content (AvgIpc) is 2.98. The van der Waals surface area contributed by atoms with Crippen LogP contribution in [0.4, 0.5) is 0 Å². The molecule has 5 nitrogen and oxygen atoms in total. The van der Waals surface area contributed by atoms with Gasteiger partial charge in [-0.05, 0) is 37.6 Å². The van der Waals surface area contributed by atoms with Gasteiger partial charge < -0.3 is 19.9 Å². The number of halogens is 2. The molecule has 0 fully saturated rings. The number of ether oxygens (including phenoxy) is 1. The second-order valence-electron chi connectivity index (χ2n) is 5.62. The molecule has 1 atom stereocenters. The van der Waals surface area contributed by atoms with Crippen molar-refractivity contribution in [1.82, 2.24) is 15.2 Å². The van der Waals surface area contributed by atoms with Crippen molar-refractivity contribution in [2.75, 3.05) is 13.1 Å². The van der Waals surface area contributed by atoms with Crippen molar-refractivity contribution < 1.29 is 4.74 Å². The third kappa shape index (κ3) is 7.56. The van der Waals surface area contributed by atoms with E-state index in [0.29, 0.717) is 23.9 Å². The van der Waals surface area contributed by atoms with Crippen molar-refractivity contribution in [1.29, 1.82) is 0 Å². The van der Waals surface area contributed by atoms with Crippen LogP contribution >= 0.6 is 35.6 Å². The maximum absolute atomic E-state index is 6.12. The number of nitrogens with zero attached hydrogens (tertiary/aromatic N) is 2. The maximum atomic E-state index is 6.12. The third-order valence-electron chi connectivity index (χ3n) is 3.38. The van der Waals surface area contributed by atoms with Crippen LogP contribution in [-0.4, -0.2) is 29.7 Å². The van der Waals surface area contributed by atoms with Gasteiger partial charge >= 0.3 is 0 Å². The molecule has 0 radical (unpaired) electrons. The van der Waals surface area contributed by atoms with Crippen LogP contribution in [0.5, 0.6) is 5.75 Å². The number of hydrogen-bond acceptors (Lipinski definition) is 2. The number of aryl methyl sites for hydroxylation is 1. The summed E-state index contributed by atoms with van der Waals surface area (Å²) in [4.78, 5) is 4.59. The predicted molar refractivity (Wildman–Crippen MR) is 115 cm³/mol. The fourth-order valence-corrected chi connectivity index (χ4v) is 2.39. The molecule has 25 heavy (non-hydrogen) atoms. The summed E-state index contributed by atoms with van der Waals surface area (Å²) in [5, 5.41) is 7.16. The first-order valence-electron chi connectivity index (χ1n) is 8.12. The largest absolute Gasteiger partial charge is 0.487 e. The standard InChI is InChI=1S/C18H25ClN4O.HI/c1-4-20-18(22-12-15-9-10-23(3)13-15)21-11-14(2)24-17-8-6-5-7-16(17)19;/h5-10,13-14H,4,11-12H2,1-3H3,(H2,20,21,22);1H. The van der Waals surface area contributed by atoms with Crippen LogP contribution in [0, 0.1) is 0 Å². The lowest BCUT2D eigenvalue weighted by Gasteiger charge is -2.18. The summed E-state index contributed by atoms with van der Waals surface area (Å²) in [5.41, 5.74) is 1.18. The molecule has 1 aromatic carbocycles. The van der Waals surface area contributed by atoms with Crippen molar-refractivity contribution in [2.45, 2.75) is 26.5 Å². The summed E-state index contributed by atoms with van der Waals surface area (Å²) < 4.78 is 7.88. The van der Waals surface area contributed by atoms with Crippen molar-refractivity contribution in [3.05, 3.63) is 53.3 Å². The number of aromatic nitrogens is 1. The lowest BCUT2D eigenvalue weighted by atomic mass is 10.3. The fourth-order valence-electron chi connectivity index (χ4n) is 2.21. The molecule has 0 aliphatic heterocycles. The van der Waals surface area contributed by atoms with E-state index in [4.69, 9.17) is 16.3 Å². The summed E-state index contributed by atoms with van der Waals surface area (Å²) in [6, 6.07) is 9.55. The Balaban J connectivity index is 0.00000312. The Kier molecular flexibility index (Phi) is 9.74. The van der Waals surface area contributed by atoms with Crippen LogP contribution in [0.15, 0.2) is 47.7 Å². The maximum Gasteiger partial charge on any atom is 0.191 e. The zero-order valence-corrected chi connectivity index (χ0v) is 17.9. The Labute approximate surface area is 171 Å². The number of benzene rings is 1. The minimum atomic E-state index is -0.0366. The van der Waals surface area contributed by atoms with Crippen molar-refractivity contribution in [3.8, 4) is 5.75 Å². The molecular formula is C18H26ClIN4O. The van der Waals surface area contributed by atoms with Crippen LogP contribution in [0.2, 0.25) is 5.02 Å². The molecule has 0 saturated heterocycles. The van der Waals surface area contributed by atoms with Gasteiger partial charge in [0.05, 0.1) is 18.1 Å². The first kappa shape index (κ1) is 21.6. The first-order valence-corrected chi connectivity index (χ1v) is 8.50. The van der Waals surface area contributed by atoms with Gasteiger partial charge in [0.15, 0.2) is 5.96 Å².